The maximum Gasteiger partial charge on any atom is 0.255 e. The number of ether oxygens (including phenoxy) is 1. The minimum Gasteiger partial charge on any atom is -0.373 e. The van der Waals surface area contributed by atoms with Crippen molar-refractivity contribution in [2.24, 2.45) is 0 Å². The van der Waals surface area contributed by atoms with Crippen molar-refractivity contribution >= 4 is 21.6 Å². The zero-order valence-electron chi connectivity index (χ0n) is 18.5. The van der Waals surface area contributed by atoms with Gasteiger partial charge in [-0.15, -0.1) is 0 Å². The lowest BCUT2D eigenvalue weighted by molar-refractivity contribution is -0.0440. The van der Waals surface area contributed by atoms with Gasteiger partial charge in [0.05, 0.1) is 17.1 Å². The summed E-state index contributed by atoms with van der Waals surface area (Å²) in [6.07, 6.45) is 0.580. The second-order valence-corrected chi connectivity index (χ2v) is 10.2. The summed E-state index contributed by atoms with van der Waals surface area (Å²) >= 11 is 0. The van der Waals surface area contributed by atoms with Gasteiger partial charge in [0.1, 0.15) is 0 Å². The topological polar surface area (TPSA) is 79.0 Å². The lowest BCUT2D eigenvalue weighted by Gasteiger charge is -2.34. The fourth-order valence-corrected chi connectivity index (χ4v) is 5.22. The molecule has 1 aliphatic rings. The Hall–Kier alpha value is -2.26. The molecule has 0 aromatic heterocycles. The predicted molar refractivity (Wildman–Crippen MR) is 122 cm³/mol. The molecule has 7 nitrogen and oxygen atoms in total. The summed E-state index contributed by atoms with van der Waals surface area (Å²) in [5.74, 6) is -0.346. The van der Waals surface area contributed by atoms with Gasteiger partial charge in [-0.25, -0.2) is 8.42 Å². The highest BCUT2D eigenvalue weighted by atomic mass is 32.2. The van der Waals surface area contributed by atoms with Gasteiger partial charge in [0.25, 0.3) is 5.91 Å². The van der Waals surface area contributed by atoms with Gasteiger partial charge in [-0.2, -0.15) is 4.31 Å². The van der Waals surface area contributed by atoms with Crippen LogP contribution < -0.4 is 5.32 Å². The fraction of sp³-hybridized carbons (Fsp3) is 0.435. The maximum absolute atomic E-state index is 13.1. The highest BCUT2D eigenvalue weighted by Crippen LogP contribution is 2.22. The van der Waals surface area contributed by atoms with Crippen LogP contribution in [0.2, 0.25) is 0 Å². The average molecular weight is 446 g/mol. The van der Waals surface area contributed by atoms with E-state index in [1.807, 2.05) is 52.2 Å². The lowest BCUT2D eigenvalue weighted by atomic mass is 10.1. The van der Waals surface area contributed by atoms with E-state index in [0.717, 1.165) is 13.0 Å². The van der Waals surface area contributed by atoms with Crippen LogP contribution in [0.5, 0.6) is 0 Å². The van der Waals surface area contributed by atoms with Gasteiger partial charge < -0.3 is 15.0 Å². The third kappa shape index (κ3) is 6.13. The Balaban J connectivity index is 1.71. The number of nitrogens with zero attached hydrogens (tertiary/aromatic N) is 2. The first kappa shape index (κ1) is 23.4. The molecule has 0 saturated carbocycles. The molecule has 1 amide bonds. The minimum atomic E-state index is -3.71. The molecule has 1 N–H and O–H groups in total. The second kappa shape index (κ2) is 9.91. The van der Waals surface area contributed by atoms with Crippen molar-refractivity contribution in [1.29, 1.82) is 0 Å². The number of carbonyl (C=O) groups is 1. The molecular formula is C23H31N3O4S. The Bertz CT molecular complexity index is 996. The van der Waals surface area contributed by atoms with Crippen molar-refractivity contribution in [3.8, 4) is 0 Å². The highest BCUT2D eigenvalue weighted by molar-refractivity contribution is 7.89. The fourth-order valence-electron chi connectivity index (χ4n) is 3.58. The number of anilines is 1. The standard InChI is InChI=1S/C23H31N3O4S/c1-17-15-26(16-18(2)30-17)31(28,29)22-7-5-6-20(14-22)23(27)24-21-10-8-19(9-11-21)12-13-25(3)4/h5-11,14,17-18H,12-13,15-16H2,1-4H3,(H,24,27). The number of sulfonamides is 1. The van der Waals surface area contributed by atoms with Crippen molar-refractivity contribution in [3.63, 3.8) is 0 Å². The van der Waals surface area contributed by atoms with E-state index < -0.39 is 10.0 Å². The summed E-state index contributed by atoms with van der Waals surface area (Å²) in [5.41, 5.74) is 2.16. The maximum atomic E-state index is 13.1. The molecule has 1 aliphatic heterocycles. The number of morpholine rings is 1. The van der Waals surface area contributed by atoms with Crippen LogP contribution in [0.1, 0.15) is 29.8 Å². The Morgan fingerprint density at radius 2 is 1.74 bits per heavy atom. The molecule has 0 radical (unpaired) electrons. The van der Waals surface area contributed by atoms with E-state index in [0.29, 0.717) is 24.3 Å². The summed E-state index contributed by atoms with van der Waals surface area (Å²) < 4.78 is 33.3. The summed E-state index contributed by atoms with van der Waals surface area (Å²) in [7, 11) is 0.355. The van der Waals surface area contributed by atoms with Gasteiger partial charge in [-0.1, -0.05) is 18.2 Å². The van der Waals surface area contributed by atoms with Crippen LogP contribution in [0.4, 0.5) is 5.69 Å². The Labute approximate surface area is 185 Å². The number of benzene rings is 2. The van der Waals surface area contributed by atoms with Crippen LogP contribution in [0, 0.1) is 0 Å². The van der Waals surface area contributed by atoms with Gasteiger partial charge in [0.15, 0.2) is 0 Å². The summed E-state index contributed by atoms with van der Waals surface area (Å²) in [6.45, 7) is 5.25. The number of rotatable bonds is 7. The predicted octanol–water partition coefficient (Wildman–Crippen LogP) is 2.84. The zero-order valence-corrected chi connectivity index (χ0v) is 19.4. The molecule has 31 heavy (non-hydrogen) atoms. The van der Waals surface area contributed by atoms with E-state index >= 15 is 0 Å². The molecule has 1 saturated heterocycles. The van der Waals surface area contributed by atoms with Crippen molar-refractivity contribution < 1.29 is 17.9 Å². The Morgan fingerprint density at radius 1 is 1.10 bits per heavy atom. The highest BCUT2D eigenvalue weighted by Gasteiger charge is 2.32. The number of likely N-dealkylation sites (N-methyl/N-ethyl adjacent to an activating group) is 1. The van der Waals surface area contributed by atoms with E-state index in [4.69, 9.17) is 4.74 Å². The smallest absolute Gasteiger partial charge is 0.255 e. The van der Waals surface area contributed by atoms with Gasteiger partial charge in [-0.3, -0.25) is 4.79 Å². The van der Waals surface area contributed by atoms with Crippen molar-refractivity contribution in [3.05, 3.63) is 59.7 Å². The average Bonchev–Trinajstić information content (AvgIpc) is 2.72. The number of nitrogens with one attached hydrogen (secondary N) is 1. The van der Waals surface area contributed by atoms with Crippen LogP contribution in [0.15, 0.2) is 53.4 Å². The molecule has 1 heterocycles. The zero-order chi connectivity index (χ0) is 22.6. The molecule has 0 bridgehead atoms. The molecule has 2 atom stereocenters. The molecule has 2 aromatic rings. The van der Waals surface area contributed by atoms with E-state index in [-0.39, 0.29) is 23.0 Å². The quantitative estimate of drug-likeness (QED) is 0.709. The first-order valence-electron chi connectivity index (χ1n) is 10.5. The molecule has 8 heteroatoms. The molecule has 2 unspecified atom stereocenters. The molecular weight excluding hydrogens is 414 g/mol. The Morgan fingerprint density at radius 3 is 2.35 bits per heavy atom. The van der Waals surface area contributed by atoms with Crippen molar-refractivity contribution in [2.45, 2.75) is 37.4 Å². The number of carbonyl (C=O) groups excluding carboxylic acids is 1. The molecule has 1 fully saturated rings. The summed E-state index contributed by atoms with van der Waals surface area (Å²) in [5, 5.41) is 2.84. The summed E-state index contributed by atoms with van der Waals surface area (Å²) in [4.78, 5) is 15.0. The van der Waals surface area contributed by atoms with Crippen LogP contribution in [-0.4, -0.2) is 69.5 Å². The van der Waals surface area contributed by atoms with E-state index in [1.165, 1.54) is 22.0 Å². The van der Waals surface area contributed by atoms with Gasteiger partial charge in [0, 0.05) is 30.9 Å². The lowest BCUT2D eigenvalue weighted by Crippen LogP contribution is -2.48. The number of amides is 1. The monoisotopic (exact) mass is 445 g/mol. The van der Waals surface area contributed by atoms with Gasteiger partial charge in [-0.05, 0) is 70.3 Å². The first-order valence-corrected chi connectivity index (χ1v) is 11.9. The largest absolute Gasteiger partial charge is 0.373 e. The van der Waals surface area contributed by atoms with Gasteiger partial charge >= 0.3 is 0 Å². The molecule has 168 valence electrons. The van der Waals surface area contributed by atoms with Crippen LogP contribution in [0.25, 0.3) is 0 Å². The minimum absolute atomic E-state index is 0.112. The van der Waals surface area contributed by atoms with Gasteiger partial charge in [0.2, 0.25) is 10.0 Å². The van der Waals surface area contributed by atoms with Crippen LogP contribution >= 0.6 is 0 Å². The van der Waals surface area contributed by atoms with Crippen molar-refractivity contribution in [2.75, 3.05) is 39.0 Å². The van der Waals surface area contributed by atoms with Crippen LogP contribution in [-0.2, 0) is 21.2 Å². The number of hydrogen-bond donors (Lipinski definition) is 1. The molecule has 2 aromatic carbocycles. The molecule has 0 spiro atoms. The van der Waals surface area contributed by atoms with Crippen molar-refractivity contribution in [1.82, 2.24) is 9.21 Å². The number of hydrogen-bond acceptors (Lipinski definition) is 5. The normalized spacial score (nSPS) is 20.0. The van der Waals surface area contributed by atoms with E-state index in [2.05, 4.69) is 10.2 Å². The second-order valence-electron chi connectivity index (χ2n) is 8.31. The molecule has 3 rings (SSSR count). The molecule has 0 aliphatic carbocycles. The summed E-state index contributed by atoms with van der Waals surface area (Å²) in [6, 6.07) is 13.9. The first-order chi connectivity index (χ1) is 14.6. The van der Waals surface area contributed by atoms with E-state index in [1.54, 1.807) is 12.1 Å². The third-order valence-corrected chi connectivity index (χ3v) is 7.01. The third-order valence-electron chi connectivity index (χ3n) is 5.18. The SMILES string of the molecule is CC1CN(S(=O)(=O)c2cccc(C(=O)Nc3ccc(CCN(C)C)cc3)c2)CC(C)O1. The Kier molecular flexibility index (Phi) is 7.48. The van der Waals surface area contributed by atoms with E-state index in [9.17, 15) is 13.2 Å². The van der Waals surface area contributed by atoms with Crippen LogP contribution in [0.3, 0.4) is 0 Å².